The zero-order valence-electron chi connectivity index (χ0n) is 11.9. The predicted molar refractivity (Wildman–Crippen MR) is 72.5 cm³/mol. The molecule has 0 aliphatic heterocycles. The van der Waals surface area contributed by atoms with Crippen LogP contribution in [0.3, 0.4) is 0 Å². The number of hydrogen-bond donors (Lipinski definition) is 0. The SMILES string of the molecule is Cc1ccc[n+](-n2c(C)cc(=O)cc2C)c1.F[B-](F)(F)F. The highest BCUT2D eigenvalue weighted by molar-refractivity contribution is 6.50. The Hall–Kier alpha value is -2.12. The van der Waals surface area contributed by atoms with Gasteiger partial charge in [0.15, 0.2) is 5.43 Å². The first-order valence-electron chi connectivity index (χ1n) is 6.14. The normalized spacial score (nSPS) is 10.8. The van der Waals surface area contributed by atoms with E-state index in [1.165, 1.54) is 5.56 Å². The monoisotopic (exact) mass is 302 g/mol. The van der Waals surface area contributed by atoms with Gasteiger partial charge in [-0.1, -0.05) is 4.68 Å². The molecule has 0 fully saturated rings. The third kappa shape index (κ3) is 5.80. The van der Waals surface area contributed by atoms with Crippen LogP contribution < -0.4 is 10.1 Å². The van der Waals surface area contributed by atoms with E-state index in [0.29, 0.717) is 0 Å². The first-order valence-corrected chi connectivity index (χ1v) is 6.14. The van der Waals surface area contributed by atoms with Gasteiger partial charge in [0, 0.05) is 23.8 Å². The Kier molecular flexibility index (Phi) is 5.29. The summed E-state index contributed by atoms with van der Waals surface area (Å²) in [5.74, 6) is 0. The van der Waals surface area contributed by atoms with Gasteiger partial charge >= 0.3 is 7.25 Å². The summed E-state index contributed by atoms with van der Waals surface area (Å²) in [6, 6.07) is 7.32. The molecule has 2 heterocycles. The number of nitrogens with zero attached hydrogens (tertiary/aromatic N) is 2. The van der Waals surface area contributed by atoms with Crippen molar-refractivity contribution in [2.45, 2.75) is 20.8 Å². The molecule has 0 N–H and O–H groups in total. The van der Waals surface area contributed by atoms with Crippen molar-refractivity contribution in [3.05, 3.63) is 63.8 Å². The molecule has 21 heavy (non-hydrogen) atoms. The van der Waals surface area contributed by atoms with Crippen LogP contribution in [0.5, 0.6) is 0 Å². The van der Waals surface area contributed by atoms with Crippen LogP contribution in [-0.2, 0) is 0 Å². The molecule has 0 saturated carbocycles. The topological polar surface area (TPSA) is 25.9 Å². The summed E-state index contributed by atoms with van der Waals surface area (Å²) in [5, 5.41) is 0. The van der Waals surface area contributed by atoms with E-state index in [1.54, 1.807) is 12.1 Å². The molecule has 0 unspecified atom stereocenters. The summed E-state index contributed by atoms with van der Waals surface area (Å²) in [4.78, 5) is 11.3. The maximum absolute atomic E-state index is 11.3. The van der Waals surface area contributed by atoms with Crippen LogP contribution in [0.25, 0.3) is 0 Å². The van der Waals surface area contributed by atoms with Crippen molar-refractivity contribution < 1.29 is 21.9 Å². The van der Waals surface area contributed by atoms with Crippen LogP contribution in [0.1, 0.15) is 17.0 Å². The Morgan fingerprint density at radius 2 is 1.52 bits per heavy atom. The number of pyridine rings is 2. The first kappa shape index (κ1) is 16.9. The van der Waals surface area contributed by atoms with Gasteiger partial charge in [-0.3, -0.25) is 4.79 Å². The maximum atomic E-state index is 11.3. The first-order chi connectivity index (χ1) is 9.58. The van der Waals surface area contributed by atoms with E-state index >= 15 is 0 Å². The quantitative estimate of drug-likeness (QED) is 0.452. The molecule has 2 rings (SSSR count). The molecule has 0 atom stereocenters. The standard InChI is InChI=1S/C13H15N2O.BF4/c1-10-5-4-6-14(9-10)15-11(2)7-13(16)8-12(15)3;2-1(3,4)5/h4-9H,1-3H3;/q+1;-1. The molecule has 0 aliphatic carbocycles. The minimum absolute atomic E-state index is 0.0551. The van der Waals surface area contributed by atoms with Crippen LogP contribution in [0, 0.1) is 20.8 Å². The van der Waals surface area contributed by atoms with E-state index in [1.807, 2.05) is 54.6 Å². The summed E-state index contributed by atoms with van der Waals surface area (Å²) in [7, 11) is -6.00. The van der Waals surface area contributed by atoms with Crippen molar-refractivity contribution in [3.8, 4) is 0 Å². The van der Waals surface area contributed by atoms with Crippen LogP contribution in [0.2, 0.25) is 0 Å². The van der Waals surface area contributed by atoms with Gasteiger partial charge in [0.05, 0.1) is 11.4 Å². The van der Waals surface area contributed by atoms with E-state index in [2.05, 4.69) is 0 Å². The summed E-state index contributed by atoms with van der Waals surface area (Å²) >= 11 is 0. The summed E-state index contributed by atoms with van der Waals surface area (Å²) < 4.78 is 43.0. The van der Waals surface area contributed by atoms with E-state index in [0.717, 1.165) is 11.4 Å². The van der Waals surface area contributed by atoms with E-state index in [-0.39, 0.29) is 5.43 Å². The average Bonchev–Trinajstić information content (AvgIpc) is 2.24. The molecular formula is C13H15BF4N2O. The van der Waals surface area contributed by atoms with Gasteiger partial charge in [-0.25, -0.2) is 0 Å². The molecule has 0 bridgehead atoms. The Morgan fingerprint density at radius 1 is 1.05 bits per heavy atom. The molecular weight excluding hydrogens is 287 g/mol. The fourth-order valence-electron chi connectivity index (χ4n) is 1.92. The molecule has 0 saturated heterocycles. The number of rotatable bonds is 1. The number of halogens is 4. The smallest absolute Gasteiger partial charge is 0.418 e. The van der Waals surface area contributed by atoms with Crippen molar-refractivity contribution in [1.82, 2.24) is 4.68 Å². The lowest BCUT2D eigenvalue weighted by atomic mass is 10.3. The van der Waals surface area contributed by atoms with E-state index in [4.69, 9.17) is 0 Å². The van der Waals surface area contributed by atoms with Crippen molar-refractivity contribution in [2.75, 3.05) is 0 Å². The fraction of sp³-hybridized carbons (Fsp3) is 0.231. The van der Waals surface area contributed by atoms with Gasteiger partial charge in [0.1, 0.15) is 0 Å². The van der Waals surface area contributed by atoms with E-state index in [9.17, 15) is 22.1 Å². The molecule has 0 amide bonds. The highest BCUT2D eigenvalue weighted by Crippen LogP contribution is 2.06. The highest BCUT2D eigenvalue weighted by Gasteiger charge is 2.20. The van der Waals surface area contributed by atoms with Crippen molar-refractivity contribution in [2.24, 2.45) is 0 Å². The minimum Gasteiger partial charge on any atom is -0.418 e. The Labute approximate surface area is 119 Å². The van der Waals surface area contributed by atoms with Crippen molar-refractivity contribution in [1.29, 1.82) is 0 Å². The van der Waals surface area contributed by atoms with Gasteiger partial charge in [0.25, 0.3) is 0 Å². The van der Waals surface area contributed by atoms with Crippen molar-refractivity contribution in [3.63, 3.8) is 0 Å². The zero-order valence-corrected chi connectivity index (χ0v) is 11.9. The molecule has 2 aromatic heterocycles. The zero-order chi connectivity index (χ0) is 16.2. The van der Waals surface area contributed by atoms with E-state index < -0.39 is 7.25 Å². The van der Waals surface area contributed by atoms with Gasteiger partial charge in [0.2, 0.25) is 12.4 Å². The van der Waals surface area contributed by atoms with Crippen LogP contribution >= 0.6 is 0 Å². The molecule has 114 valence electrons. The molecule has 0 aliphatic rings. The highest BCUT2D eigenvalue weighted by atomic mass is 19.5. The molecule has 8 heteroatoms. The minimum atomic E-state index is -6.00. The lowest BCUT2D eigenvalue weighted by molar-refractivity contribution is -0.730. The average molecular weight is 302 g/mol. The second-order valence-electron chi connectivity index (χ2n) is 4.54. The number of aryl methyl sites for hydroxylation is 3. The summed E-state index contributed by atoms with van der Waals surface area (Å²) in [5.41, 5.74) is 3.10. The number of hydrogen-bond acceptors (Lipinski definition) is 1. The van der Waals surface area contributed by atoms with Gasteiger partial charge in [-0.15, -0.1) is 4.68 Å². The second-order valence-corrected chi connectivity index (χ2v) is 4.54. The summed E-state index contributed by atoms with van der Waals surface area (Å²) in [6.07, 6.45) is 4.00. The Bertz CT molecular complexity index is 650. The third-order valence-corrected chi connectivity index (χ3v) is 2.54. The van der Waals surface area contributed by atoms with Crippen LogP contribution in [0.15, 0.2) is 41.5 Å². The Morgan fingerprint density at radius 3 is 1.95 bits per heavy atom. The lowest BCUT2D eigenvalue weighted by Crippen LogP contribution is -2.44. The predicted octanol–water partition coefficient (Wildman–Crippen LogP) is 2.67. The van der Waals surface area contributed by atoms with Gasteiger partial charge < -0.3 is 17.3 Å². The van der Waals surface area contributed by atoms with Gasteiger partial charge in [-0.05, 0) is 26.8 Å². The van der Waals surface area contributed by atoms with Crippen LogP contribution in [0.4, 0.5) is 17.3 Å². The lowest BCUT2D eigenvalue weighted by Gasteiger charge is -2.07. The summed E-state index contributed by atoms with van der Waals surface area (Å²) in [6.45, 7) is 5.91. The molecule has 0 radical (unpaired) electrons. The molecule has 2 aromatic rings. The molecule has 0 aromatic carbocycles. The molecule has 0 spiro atoms. The maximum Gasteiger partial charge on any atom is 0.673 e. The van der Waals surface area contributed by atoms with Crippen LogP contribution in [-0.4, -0.2) is 11.9 Å². The number of aromatic nitrogens is 2. The fourth-order valence-corrected chi connectivity index (χ4v) is 1.92. The second kappa shape index (κ2) is 6.56. The Balaban J connectivity index is 0.000000383. The van der Waals surface area contributed by atoms with Gasteiger partial charge in [-0.2, -0.15) is 0 Å². The van der Waals surface area contributed by atoms with Crippen molar-refractivity contribution >= 4 is 7.25 Å². The molecule has 3 nitrogen and oxygen atoms in total. The third-order valence-electron chi connectivity index (χ3n) is 2.54. The largest absolute Gasteiger partial charge is 0.673 e.